The highest BCUT2D eigenvalue weighted by Crippen LogP contribution is 2.35. The highest BCUT2D eigenvalue weighted by atomic mass is 127. The molecule has 2 aromatic heterocycles. The third-order valence-electron chi connectivity index (χ3n) is 5.23. The highest BCUT2D eigenvalue weighted by Gasteiger charge is 2.34. The Hall–Kier alpha value is -1.51. The summed E-state index contributed by atoms with van der Waals surface area (Å²) in [6, 6.07) is 7.33. The molecule has 3 heterocycles. The molecule has 1 aliphatic rings. The molecule has 1 atom stereocenters. The van der Waals surface area contributed by atoms with E-state index in [1.54, 1.807) is 18.6 Å². The predicted octanol–water partition coefficient (Wildman–Crippen LogP) is 4.86. The number of aromatic nitrogens is 1. The van der Waals surface area contributed by atoms with Gasteiger partial charge in [0.05, 0.1) is 33.1 Å². The minimum Gasteiger partial charge on any atom is -0.495 e. The number of carbonyl (C=O) groups is 1. The van der Waals surface area contributed by atoms with Gasteiger partial charge in [0.1, 0.15) is 11.8 Å². The van der Waals surface area contributed by atoms with Gasteiger partial charge in [-0.1, -0.05) is 30.7 Å². The number of hydrogen-bond acceptors (Lipinski definition) is 7. The van der Waals surface area contributed by atoms with Crippen molar-refractivity contribution in [3.63, 3.8) is 0 Å². The summed E-state index contributed by atoms with van der Waals surface area (Å²) in [6.07, 6.45) is 3.31. The molecule has 0 bridgehead atoms. The maximum absolute atomic E-state index is 13.8. The Balaban J connectivity index is 2.00. The Morgan fingerprint density at radius 1 is 1.29 bits per heavy atom. The van der Waals surface area contributed by atoms with E-state index in [2.05, 4.69) is 45.2 Å². The number of nitrogens with zero attached hydrogens (tertiary/aromatic N) is 2. The van der Waals surface area contributed by atoms with Gasteiger partial charge in [-0.3, -0.25) is 9.36 Å². The first-order valence-corrected chi connectivity index (χ1v) is 14.5. The van der Waals surface area contributed by atoms with Crippen LogP contribution in [0.25, 0.3) is 6.08 Å². The first-order chi connectivity index (χ1) is 16.4. The van der Waals surface area contributed by atoms with Crippen molar-refractivity contribution in [1.82, 2.24) is 4.57 Å². The second-order valence-electron chi connectivity index (χ2n) is 7.44. The molecule has 0 N–H and O–H groups in total. The van der Waals surface area contributed by atoms with Gasteiger partial charge in [0, 0.05) is 14.0 Å². The average Bonchev–Trinajstić information content (AvgIpc) is 3.42. The fourth-order valence-electron chi connectivity index (χ4n) is 3.88. The summed E-state index contributed by atoms with van der Waals surface area (Å²) in [5, 5.41) is 1.95. The van der Waals surface area contributed by atoms with Crippen molar-refractivity contribution in [3.05, 3.63) is 78.2 Å². The van der Waals surface area contributed by atoms with Crippen LogP contribution >= 0.6 is 67.9 Å². The Morgan fingerprint density at radius 3 is 2.74 bits per heavy atom. The van der Waals surface area contributed by atoms with Gasteiger partial charge in [-0.05, 0) is 88.2 Å². The van der Waals surface area contributed by atoms with Gasteiger partial charge in [0.2, 0.25) is 0 Å². The summed E-state index contributed by atoms with van der Waals surface area (Å²) in [4.78, 5) is 33.1. The van der Waals surface area contributed by atoms with Gasteiger partial charge in [-0.15, -0.1) is 11.3 Å². The lowest BCUT2D eigenvalue weighted by Gasteiger charge is -2.24. The smallest absolute Gasteiger partial charge is 0.338 e. The lowest BCUT2D eigenvalue weighted by Crippen LogP contribution is -2.39. The molecule has 4 rings (SSSR count). The first kappa shape index (κ1) is 25.6. The molecule has 3 aromatic rings. The van der Waals surface area contributed by atoms with Crippen molar-refractivity contribution in [1.29, 1.82) is 0 Å². The molecule has 0 spiro atoms. The van der Waals surface area contributed by atoms with Gasteiger partial charge in [-0.25, -0.2) is 9.79 Å². The van der Waals surface area contributed by atoms with Crippen LogP contribution in [0.15, 0.2) is 50.7 Å². The number of esters is 1. The molecule has 0 fully saturated rings. The van der Waals surface area contributed by atoms with E-state index in [-0.39, 0.29) is 12.2 Å². The molecule has 178 valence electrons. The van der Waals surface area contributed by atoms with Crippen molar-refractivity contribution in [2.75, 3.05) is 13.7 Å². The van der Waals surface area contributed by atoms with Gasteiger partial charge in [0.15, 0.2) is 4.80 Å². The van der Waals surface area contributed by atoms with Crippen molar-refractivity contribution in [3.8, 4) is 5.75 Å². The first-order valence-electron chi connectivity index (χ1n) is 10.7. The van der Waals surface area contributed by atoms with E-state index in [1.807, 2.05) is 42.6 Å². The molecule has 0 saturated heterocycles. The van der Waals surface area contributed by atoms with Gasteiger partial charge < -0.3 is 9.47 Å². The Bertz CT molecular complexity index is 1440. The van der Waals surface area contributed by atoms with Crippen LogP contribution in [-0.4, -0.2) is 24.3 Å². The molecule has 0 unspecified atom stereocenters. The van der Waals surface area contributed by atoms with Crippen LogP contribution < -0.4 is 19.6 Å². The quantitative estimate of drug-likeness (QED) is 0.259. The maximum Gasteiger partial charge on any atom is 0.338 e. The lowest BCUT2D eigenvalue weighted by molar-refractivity contribution is -0.139. The third-order valence-corrected chi connectivity index (χ3v) is 8.56. The number of thiophene rings is 1. The summed E-state index contributed by atoms with van der Waals surface area (Å²) in [5.74, 6) is 0.303. The Labute approximate surface area is 232 Å². The van der Waals surface area contributed by atoms with E-state index in [1.165, 1.54) is 22.7 Å². The minimum atomic E-state index is -0.558. The molecule has 0 aliphatic carbocycles. The number of hydrogen-bond donors (Lipinski definition) is 0. The second kappa shape index (κ2) is 11.0. The zero-order chi connectivity index (χ0) is 24.4. The number of halogens is 2. The summed E-state index contributed by atoms with van der Waals surface area (Å²) in [7, 11) is 1.63. The van der Waals surface area contributed by atoms with Crippen molar-refractivity contribution < 1.29 is 14.3 Å². The number of carbonyl (C=O) groups excluding carboxylic acids is 1. The highest BCUT2D eigenvalue weighted by molar-refractivity contribution is 14.1. The summed E-state index contributed by atoms with van der Waals surface area (Å²) in [5.41, 5.74) is 1.78. The van der Waals surface area contributed by atoms with Crippen LogP contribution in [0.4, 0.5) is 0 Å². The number of allylic oxidation sites excluding steroid dienone is 1. The molecular formula is C24H22I2N2O4S2. The van der Waals surface area contributed by atoms with E-state index in [0.29, 0.717) is 27.0 Å². The van der Waals surface area contributed by atoms with Crippen LogP contribution in [0.2, 0.25) is 0 Å². The fraction of sp³-hybridized carbons (Fsp3) is 0.292. The Kier molecular flexibility index (Phi) is 8.31. The van der Waals surface area contributed by atoms with Crippen LogP contribution in [0.5, 0.6) is 5.75 Å². The van der Waals surface area contributed by atoms with E-state index in [0.717, 1.165) is 29.8 Å². The molecule has 0 amide bonds. The molecule has 0 radical (unpaired) electrons. The van der Waals surface area contributed by atoms with Gasteiger partial charge >= 0.3 is 5.97 Å². The number of benzene rings is 1. The molecule has 34 heavy (non-hydrogen) atoms. The maximum atomic E-state index is 13.8. The number of methoxy groups -OCH3 is 1. The van der Waals surface area contributed by atoms with E-state index >= 15 is 0 Å². The monoisotopic (exact) mass is 720 g/mol. The van der Waals surface area contributed by atoms with Gasteiger partial charge in [0.25, 0.3) is 5.56 Å². The van der Waals surface area contributed by atoms with Crippen LogP contribution in [0.3, 0.4) is 0 Å². The van der Waals surface area contributed by atoms with E-state index < -0.39 is 12.0 Å². The number of fused-ring (bicyclic) bond motifs is 1. The molecule has 1 aromatic carbocycles. The number of ether oxygens (including phenoxy) is 2. The summed E-state index contributed by atoms with van der Waals surface area (Å²) >= 11 is 7.34. The minimum absolute atomic E-state index is 0.185. The SMILES string of the molecule is CCCC1=C(C(=O)OCC)[C@@H](c2cccs2)n2c(s/c(=C\c3cc(I)cc(I)c3OC)c2=O)=N1. The number of rotatable bonds is 7. The predicted molar refractivity (Wildman–Crippen MR) is 152 cm³/mol. The zero-order valence-electron chi connectivity index (χ0n) is 18.8. The van der Waals surface area contributed by atoms with Crippen molar-refractivity contribution in [2.45, 2.75) is 32.7 Å². The van der Waals surface area contributed by atoms with Crippen molar-refractivity contribution >= 4 is 79.9 Å². The standard InChI is InChI=1S/C24H22I2N2O4S2/c1-4-7-16-19(23(30)32-5-2)20(17-8-6-9-33-17)28-22(29)18(34-24(28)27-16)11-13-10-14(25)12-15(26)21(13)31-3/h6,8-12,20H,4-5,7H2,1-3H3/b18-11-/t20-/m1/s1. The molecular weight excluding hydrogens is 698 g/mol. The third kappa shape index (κ3) is 4.91. The molecule has 6 nitrogen and oxygen atoms in total. The lowest BCUT2D eigenvalue weighted by atomic mass is 9.99. The topological polar surface area (TPSA) is 69.9 Å². The summed E-state index contributed by atoms with van der Waals surface area (Å²) < 4.78 is 15.2. The van der Waals surface area contributed by atoms with E-state index in [9.17, 15) is 9.59 Å². The number of thiazole rings is 1. The Morgan fingerprint density at radius 2 is 2.09 bits per heavy atom. The zero-order valence-corrected chi connectivity index (χ0v) is 24.7. The van der Waals surface area contributed by atoms with Crippen molar-refractivity contribution in [2.24, 2.45) is 4.99 Å². The fourth-order valence-corrected chi connectivity index (χ4v) is 7.83. The van der Waals surface area contributed by atoms with Gasteiger partial charge in [-0.2, -0.15) is 0 Å². The normalized spacial score (nSPS) is 15.8. The average molecular weight is 720 g/mol. The molecule has 0 saturated carbocycles. The van der Waals surface area contributed by atoms with E-state index in [4.69, 9.17) is 14.5 Å². The summed E-state index contributed by atoms with van der Waals surface area (Å²) in [6.45, 7) is 4.09. The van der Waals surface area contributed by atoms with Crippen LogP contribution in [0, 0.1) is 7.14 Å². The van der Waals surface area contributed by atoms with Crippen LogP contribution in [-0.2, 0) is 9.53 Å². The second-order valence-corrected chi connectivity index (χ2v) is 11.8. The molecule has 10 heteroatoms. The van der Waals surface area contributed by atoms with Crippen LogP contribution in [0.1, 0.15) is 43.2 Å². The molecule has 1 aliphatic heterocycles. The largest absolute Gasteiger partial charge is 0.495 e.